The molecule has 0 unspecified atom stereocenters. The monoisotopic (exact) mass is 209 g/mol. The minimum absolute atomic E-state index is 0.125. The molecule has 0 saturated carbocycles. The first-order valence-corrected chi connectivity index (χ1v) is 4.48. The van der Waals surface area contributed by atoms with Crippen molar-refractivity contribution in [2.75, 3.05) is 0 Å². The number of nitrogens with zero attached hydrogens (tertiary/aromatic N) is 2. The zero-order valence-corrected chi connectivity index (χ0v) is 8.03. The highest BCUT2D eigenvalue weighted by atomic mass is 35.5. The summed E-state index contributed by atoms with van der Waals surface area (Å²) in [6.45, 7) is 0.506. The van der Waals surface area contributed by atoms with E-state index in [0.29, 0.717) is 11.7 Å². The minimum atomic E-state index is -0.125. The van der Waals surface area contributed by atoms with Gasteiger partial charge in [0, 0.05) is 18.6 Å². The maximum absolute atomic E-state index is 11.2. The molecule has 2 aromatic heterocycles. The predicted octanol–water partition coefficient (Wildman–Crippen LogP) is 1.27. The van der Waals surface area contributed by atoms with Crippen molar-refractivity contribution in [2.24, 2.45) is 0 Å². The van der Waals surface area contributed by atoms with Gasteiger partial charge in [-0.3, -0.25) is 4.57 Å². The maximum atomic E-state index is 11.2. The van der Waals surface area contributed by atoms with Crippen molar-refractivity contribution in [1.82, 2.24) is 14.5 Å². The lowest BCUT2D eigenvalue weighted by Gasteiger charge is -2.00. The van der Waals surface area contributed by atoms with Crippen molar-refractivity contribution in [1.29, 1.82) is 0 Å². The molecule has 5 heteroatoms. The fourth-order valence-electron chi connectivity index (χ4n) is 1.17. The van der Waals surface area contributed by atoms with Crippen molar-refractivity contribution in [2.45, 2.75) is 6.54 Å². The van der Waals surface area contributed by atoms with Crippen LogP contribution in [0.1, 0.15) is 5.56 Å². The summed E-state index contributed by atoms with van der Waals surface area (Å²) in [5.74, 6) is 0. The van der Waals surface area contributed by atoms with E-state index in [4.69, 9.17) is 11.6 Å². The van der Waals surface area contributed by atoms with Gasteiger partial charge in [-0.05, 0) is 11.6 Å². The van der Waals surface area contributed by atoms with Crippen LogP contribution in [0.15, 0.2) is 35.5 Å². The number of halogens is 1. The molecular weight excluding hydrogens is 202 g/mol. The van der Waals surface area contributed by atoms with Crippen LogP contribution in [0.3, 0.4) is 0 Å². The summed E-state index contributed by atoms with van der Waals surface area (Å²) in [6, 6.07) is 3.54. The molecule has 4 nitrogen and oxygen atoms in total. The van der Waals surface area contributed by atoms with Gasteiger partial charge in [0.2, 0.25) is 0 Å². The topological polar surface area (TPSA) is 50.7 Å². The minimum Gasteiger partial charge on any atom is -0.313 e. The third-order valence-electron chi connectivity index (χ3n) is 1.86. The molecule has 2 aromatic rings. The SMILES string of the molecule is O=c1[nH]ccn1Cc1ccc(Cl)nc1. The molecule has 0 radical (unpaired) electrons. The van der Waals surface area contributed by atoms with E-state index in [-0.39, 0.29) is 5.69 Å². The van der Waals surface area contributed by atoms with Crippen LogP contribution in [0.4, 0.5) is 0 Å². The molecule has 2 rings (SSSR count). The first kappa shape index (κ1) is 9.02. The number of rotatable bonds is 2. The average molecular weight is 210 g/mol. The van der Waals surface area contributed by atoms with E-state index in [9.17, 15) is 4.79 Å². The lowest BCUT2D eigenvalue weighted by Crippen LogP contribution is -2.16. The molecule has 2 heterocycles. The fourth-order valence-corrected chi connectivity index (χ4v) is 1.28. The molecular formula is C9H8ClN3O. The third kappa shape index (κ3) is 1.85. The molecule has 72 valence electrons. The van der Waals surface area contributed by atoms with Gasteiger partial charge >= 0.3 is 5.69 Å². The number of aromatic nitrogens is 3. The Labute approximate surface area is 85.2 Å². The Morgan fingerprint density at radius 2 is 2.36 bits per heavy atom. The summed E-state index contributed by atoms with van der Waals surface area (Å²) in [7, 11) is 0. The number of pyridine rings is 1. The van der Waals surface area contributed by atoms with Crippen LogP contribution < -0.4 is 5.69 Å². The molecule has 0 aliphatic heterocycles. The molecule has 0 bridgehead atoms. The summed E-state index contributed by atoms with van der Waals surface area (Å²) in [4.78, 5) is 17.6. The van der Waals surface area contributed by atoms with Crippen LogP contribution in [0.2, 0.25) is 5.15 Å². The van der Waals surface area contributed by atoms with E-state index in [1.54, 1.807) is 29.2 Å². The van der Waals surface area contributed by atoms with Crippen LogP contribution in [0.5, 0.6) is 0 Å². The summed E-state index contributed by atoms with van der Waals surface area (Å²) >= 11 is 5.64. The van der Waals surface area contributed by atoms with E-state index >= 15 is 0 Å². The largest absolute Gasteiger partial charge is 0.325 e. The lowest BCUT2D eigenvalue weighted by atomic mass is 10.3. The van der Waals surface area contributed by atoms with Crippen LogP contribution in [-0.2, 0) is 6.54 Å². The molecule has 1 N–H and O–H groups in total. The Bertz CT molecular complexity index is 471. The standard InChI is InChI=1S/C9H8ClN3O/c10-8-2-1-7(5-12-8)6-13-4-3-11-9(13)14/h1-5H,6H2,(H,11,14). The smallest absolute Gasteiger partial charge is 0.313 e. The Kier molecular flexibility index (Phi) is 2.37. The molecule has 0 amide bonds. The Hall–Kier alpha value is -1.55. The highest BCUT2D eigenvalue weighted by molar-refractivity contribution is 6.29. The highest BCUT2D eigenvalue weighted by Crippen LogP contribution is 2.05. The van der Waals surface area contributed by atoms with Crippen LogP contribution in [0, 0.1) is 0 Å². The van der Waals surface area contributed by atoms with Crippen molar-refractivity contribution in [3.05, 3.63) is 51.9 Å². The van der Waals surface area contributed by atoms with Gasteiger partial charge in [-0.2, -0.15) is 0 Å². The first-order valence-electron chi connectivity index (χ1n) is 4.10. The number of hydrogen-bond acceptors (Lipinski definition) is 2. The zero-order valence-electron chi connectivity index (χ0n) is 7.27. The number of hydrogen-bond donors (Lipinski definition) is 1. The first-order chi connectivity index (χ1) is 6.75. The van der Waals surface area contributed by atoms with Gasteiger partial charge in [0.25, 0.3) is 0 Å². The van der Waals surface area contributed by atoms with E-state index in [1.807, 2.05) is 6.07 Å². The second-order valence-electron chi connectivity index (χ2n) is 2.88. The van der Waals surface area contributed by atoms with Crippen LogP contribution in [0.25, 0.3) is 0 Å². The van der Waals surface area contributed by atoms with Gasteiger partial charge in [0.05, 0.1) is 6.54 Å². The van der Waals surface area contributed by atoms with Gasteiger partial charge in [-0.15, -0.1) is 0 Å². The van der Waals surface area contributed by atoms with E-state index in [1.165, 1.54) is 0 Å². The molecule has 0 aromatic carbocycles. The van der Waals surface area contributed by atoms with Gasteiger partial charge < -0.3 is 4.98 Å². The summed E-state index contributed by atoms with van der Waals surface area (Å²) in [5.41, 5.74) is 0.816. The Morgan fingerprint density at radius 1 is 1.50 bits per heavy atom. The van der Waals surface area contributed by atoms with Gasteiger partial charge in [0.1, 0.15) is 5.15 Å². The second-order valence-corrected chi connectivity index (χ2v) is 3.27. The van der Waals surface area contributed by atoms with E-state index in [0.717, 1.165) is 5.56 Å². The normalized spacial score (nSPS) is 10.4. The Balaban J connectivity index is 2.23. The number of H-pyrrole nitrogens is 1. The second kappa shape index (κ2) is 3.67. The van der Waals surface area contributed by atoms with Crippen molar-refractivity contribution in [3.8, 4) is 0 Å². The van der Waals surface area contributed by atoms with Crippen LogP contribution >= 0.6 is 11.6 Å². The van der Waals surface area contributed by atoms with Crippen LogP contribution in [-0.4, -0.2) is 14.5 Å². The highest BCUT2D eigenvalue weighted by Gasteiger charge is 1.98. The van der Waals surface area contributed by atoms with Gasteiger partial charge in [-0.1, -0.05) is 17.7 Å². The molecule has 0 saturated heterocycles. The third-order valence-corrected chi connectivity index (χ3v) is 2.09. The fraction of sp³-hybridized carbons (Fsp3) is 0.111. The van der Waals surface area contributed by atoms with Gasteiger partial charge in [0.15, 0.2) is 0 Å². The number of aromatic amines is 1. The predicted molar refractivity (Wildman–Crippen MR) is 53.4 cm³/mol. The van der Waals surface area contributed by atoms with Crippen molar-refractivity contribution in [3.63, 3.8) is 0 Å². The summed E-state index contributed by atoms with van der Waals surface area (Å²) in [5, 5.41) is 0.454. The quantitative estimate of drug-likeness (QED) is 0.758. The molecule has 14 heavy (non-hydrogen) atoms. The molecule has 0 aliphatic rings. The Morgan fingerprint density at radius 3 is 2.93 bits per heavy atom. The van der Waals surface area contributed by atoms with E-state index in [2.05, 4.69) is 9.97 Å². The summed E-state index contributed by atoms with van der Waals surface area (Å²) < 4.78 is 1.56. The summed E-state index contributed by atoms with van der Waals surface area (Å²) in [6.07, 6.45) is 4.95. The zero-order chi connectivity index (χ0) is 9.97. The van der Waals surface area contributed by atoms with Gasteiger partial charge in [-0.25, -0.2) is 9.78 Å². The molecule has 0 fully saturated rings. The number of nitrogens with one attached hydrogen (secondary N) is 1. The molecule has 0 aliphatic carbocycles. The molecule has 0 spiro atoms. The molecule has 0 atom stereocenters. The number of imidazole rings is 1. The van der Waals surface area contributed by atoms with Crippen molar-refractivity contribution >= 4 is 11.6 Å². The van der Waals surface area contributed by atoms with E-state index < -0.39 is 0 Å². The lowest BCUT2D eigenvalue weighted by molar-refractivity contribution is 0.759. The average Bonchev–Trinajstić information content (AvgIpc) is 2.56. The maximum Gasteiger partial charge on any atom is 0.325 e. The van der Waals surface area contributed by atoms with Crippen molar-refractivity contribution < 1.29 is 0 Å².